The number of nitrogens with two attached hydrogens (primary N) is 1. The van der Waals surface area contributed by atoms with Crippen LogP contribution in [0.1, 0.15) is 23.2 Å². The van der Waals surface area contributed by atoms with E-state index in [0.29, 0.717) is 24.0 Å². The number of carbonyl (C=O) groups is 2. The van der Waals surface area contributed by atoms with E-state index in [1.807, 2.05) is 11.9 Å². The molecule has 24 heavy (non-hydrogen) atoms. The van der Waals surface area contributed by atoms with Crippen LogP contribution in [0.15, 0.2) is 24.3 Å². The predicted octanol–water partition coefficient (Wildman–Crippen LogP) is 0.965. The highest BCUT2D eigenvalue weighted by Crippen LogP contribution is 2.31. The van der Waals surface area contributed by atoms with Gasteiger partial charge in [-0.15, -0.1) is 0 Å². The van der Waals surface area contributed by atoms with Gasteiger partial charge in [-0.3, -0.25) is 9.59 Å². The minimum absolute atomic E-state index is 0.186. The van der Waals surface area contributed by atoms with Gasteiger partial charge < -0.3 is 20.3 Å². The molecule has 130 valence electrons. The molecular weight excluding hydrogens is 306 g/mol. The number of nitrogens with zero attached hydrogens (tertiary/aromatic N) is 2. The molecule has 1 aromatic carbocycles. The van der Waals surface area contributed by atoms with Crippen LogP contribution in [0.2, 0.25) is 0 Å². The monoisotopic (exact) mass is 331 g/mol. The van der Waals surface area contributed by atoms with Gasteiger partial charge in [0, 0.05) is 38.8 Å². The van der Waals surface area contributed by atoms with E-state index in [1.165, 1.54) is 0 Å². The van der Waals surface area contributed by atoms with Crippen LogP contribution in [-0.4, -0.2) is 61.4 Å². The molecule has 2 aliphatic rings. The third-order valence-corrected chi connectivity index (χ3v) is 5.07. The molecule has 6 heteroatoms. The maximum absolute atomic E-state index is 12.2. The molecule has 1 aromatic rings. The Hall–Kier alpha value is -2.08. The second kappa shape index (κ2) is 7.21. The second-order valence-corrected chi connectivity index (χ2v) is 6.77. The Bertz CT molecular complexity index is 602. The molecule has 3 rings (SSSR count). The van der Waals surface area contributed by atoms with Gasteiger partial charge in [-0.25, -0.2) is 0 Å². The van der Waals surface area contributed by atoms with Crippen LogP contribution in [0.4, 0.5) is 0 Å². The molecule has 0 spiro atoms. The molecule has 0 saturated carbocycles. The van der Waals surface area contributed by atoms with Crippen molar-refractivity contribution in [1.29, 1.82) is 0 Å². The molecule has 2 fully saturated rings. The van der Waals surface area contributed by atoms with Crippen molar-refractivity contribution in [3.63, 3.8) is 0 Å². The Labute approximate surface area is 142 Å². The summed E-state index contributed by atoms with van der Waals surface area (Å²) in [5, 5.41) is 0. The fraction of sp³-hybridized carbons (Fsp3) is 0.556. The highest BCUT2D eigenvalue weighted by atomic mass is 16.5. The number of carbonyl (C=O) groups excluding carboxylic acids is 2. The molecule has 0 radical (unpaired) electrons. The molecule has 0 aliphatic carbocycles. The minimum atomic E-state index is -0.433. The summed E-state index contributed by atoms with van der Waals surface area (Å²) in [5.74, 6) is 1.32. The molecule has 2 aliphatic heterocycles. The van der Waals surface area contributed by atoms with Gasteiger partial charge in [0.1, 0.15) is 5.75 Å². The lowest BCUT2D eigenvalue weighted by Gasteiger charge is -2.30. The quantitative estimate of drug-likeness (QED) is 0.788. The molecule has 2 heterocycles. The molecule has 2 N–H and O–H groups in total. The van der Waals surface area contributed by atoms with Crippen molar-refractivity contribution in [3.05, 3.63) is 29.8 Å². The lowest BCUT2D eigenvalue weighted by atomic mass is 9.88. The number of primary amides is 1. The zero-order chi connectivity index (χ0) is 17.1. The largest absolute Gasteiger partial charge is 0.494 e. The summed E-state index contributed by atoms with van der Waals surface area (Å²) < 4.78 is 5.70. The van der Waals surface area contributed by atoms with Crippen LogP contribution >= 0.6 is 0 Å². The number of hydrogen-bond donors (Lipinski definition) is 1. The summed E-state index contributed by atoms with van der Waals surface area (Å²) in [4.78, 5) is 27.4. The molecule has 2 amide bonds. The number of amides is 2. The Kier molecular flexibility index (Phi) is 5.04. The molecule has 0 bridgehead atoms. The van der Waals surface area contributed by atoms with Crippen molar-refractivity contribution < 1.29 is 14.3 Å². The fourth-order valence-corrected chi connectivity index (χ4v) is 3.66. The Morgan fingerprint density at radius 1 is 1.29 bits per heavy atom. The summed E-state index contributed by atoms with van der Waals surface area (Å²) in [6, 6.07) is 6.87. The van der Waals surface area contributed by atoms with Crippen LogP contribution in [0, 0.1) is 11.8 Å². The Morgan fingerprint density at radius 3 is 2.75 bits per heavy atom. The first-order valence-corrected chi connectivity index (χ1v) is 8.54. The van der Waals surface area contributed by atoms with Gasteiger partial charge in [0.25, 0.3) is 0 Å². The van der Waals surface area contributed by atoms with Crippen LogP contribution in [-0.2, 0) is 4.79 Å². The third-order valence-electron chi connectivity index (χ3n) is 5.07. The SMILES string of the molecule is CN1CC[C@@H]2CN(CCCOc3ccc(C(N)=O)cc3)C[C@@H]2C1=O. The van der Waals surface area contributed by atoms with E-state index in [9.17, 15) is 9.59 Å². The molecule has 0 aromatic heterocycles. The Balaban J connectivity index is 1.40. The molecule has 2 saturated heterocycles. The Morgan fingerprint density at radius 2 is 2.04 bits per heavy atom. The number of ether oxygens (including phenoxy) is 1. The first-order chi connectivity index (χ1) is 11.5. The van der Waals surface area contributed by atoms with Gasteiger partial charge in [-0.05, 0) is 43.0 Å². The maximum atomic E-state index is 12.2. The average Bonchev–Trinajstić information content (AvgIpc) is 2.99. The number of piperidine rings is 1. The number of benzene rings is 1. The van der Waals surface area contributed by atoms with Crippen molar-refractivity contribution >= 4 is 11.8 Å². The summed E-state index contributed by atoms with van der Waals surface area (Å²) in [5.41, 5.74) is 5.69. The predicted molar refractivity (Wildman–Crippen MR) is 90.7 cm³/mol. The van der Waals surface area contributed by atoms with Gasteiger partial charge in [0.2, 0.25) is 11.8 Å². The van der Waals surface area contributed by atoms with Crippen LogP contribution in [0.25, 0.3) is 0 Å². The van der Waals surface area contributed by atoms with Crippen LogP contribution in [0.3, 0.4) is 0 Å². The topological polar surface area (TPSA) is 75.9 Å². The van der Waals surface area contributed by atoms with Crippen molar-refractivity contribution in [2.24, 2.45) is 17.6 Å². The van der Waals surface area contributed by atoms with Gasteiger partial charge in [0.05, 0.1) is 12.5 Å². The third kappa shape index (κ3) is 3.70. The standard InChI is InChI=1S/C18H25N3O3/c1-20-9-7-14-11-21(12-16(14)18(20)23)8-2-10-24-15-5-3-13(4-6-15)17(19)22/h3-6,14,16H,2,7-12H2,1H3,(H2,19,22)/t14-,16+/m1/s1. The van der Waals surface area contributed by atoms with Crippen molar-refractivity contribution in [3.8, 4) is 5.75 Å². The van der Waals surface area contributed by atoms with E-state index in [2.05, 4.69) is 4.90 Å². The number of rotatable bonds is 6. The molecule has 0 unspecified atom stereocenters. The van der Waals surface area contributed by atoms with Crippen LogP contribution in [0.5, 0.6) is 5.75 Å². The van der Waals surface area contributed by atoms with Crippen molar-refractivity contribution in [2.75, 3.05) is 39.8 Å². The van der Waals surface area contributed by atoms with Gasteiger partial charge in [0.15, 0.2) is 0 Å². The van der Waals surface area contributed by atoms with E-state index >= 15 is 0 Å². The maximum Gasteiger partial charge on any atom is 0.248 e. The summed E-state index contributed by atoms with van der Waals surface area (Å²) in [6.07, 6.45) is 2.03. The zero-order valence-corrected chi connectivity index (χ0v) is 14.1. The highest BCUT2D eigenvalue weighted by molar-refractivity contribution is 5.92. The molecular formula is C18H25N3O3. The number of hydrogen-bond acceptors (Lipinski definition) is 4. The summed E-state index contributed by atoms with van der Waals surface area (Å²) in [7, 11) is 1.90. The lowest BCUT2D eigenvalue weighted by Crippen LogP contribution is -2.42. The normalized spacial score (nSPS) is 24.0. The van der Waals surface area contributed by atoms with Gasteiger partial charge >= 0.3 is 0 Å². The van der Waals surface area contributed by atoms with Crippen molar-refractivity contribution in [2.45, 2.75) is 12.8 Å². The smallest absolute Gasteiger partial charge is 0.248 e. The second-order valence-electron chi connectivity index (χ2n) is 6.77. The van der Waals surface area contributed by atoms with E-state index in [0.717, 1.165) is 44.8 Å². The van der Waals surface area contributed by atoms with E-state index in [1.54, 1.807) is 24.3 Å². The molecule has 2 atom stereocenters. The van der Waals surface area contributed by atoms with E-state index in [4.69, 9.17) is 10.5 Å². The first kappa shape index (κ1) is 16.8. The van der Waals surface area contributed by atoms with Crippen molar-refractivity contribution in [1.82, 2.24) is 9.80 Å². The lowest BCUT2D eigenvalue weighted by molar-refractivity contribution is -0.137. The van der Waals surface area contributed by atoms with E-state index in [-0.39, 0.29) is 5.92 Å². The molecule has 6 nitrogen and oxygen atoms in total. The van der Waals surface area contributed by atoms with E-state index < -0.39 is 5.91 Å². The minimum Gasteiger partial charge on any atom is -0.494 e. The number of fused-ring (bicyclic) bond motifs is 1. The van der Waals surface area contributed by atoms with Gasteiger partial charge in [-0.1, -0.05) is 0 Å². The van der Waals surface area contributed by atoms with Crippen LogP contribution < -0.4 is 10.5 Å². The number of likely N-dealkylation sites (tertiary alicyclic amines) is 2. The summed E-state index contributed by atoms with van der Waals surface area (Å²) >= 11 is 0. The first-order valence-electron chi connectivity index (χ1n) is 8.54. The highest BCUT2D eigenvalue weighted by Gasteiger charge is 2.41. The average molecular weight is 331 g/mol. The zero-order valence-electron chi connectivity index (χ0n) is 14.1. The van der Waals surface area contributed by atoms with Gasteiger partial charge in [-0.2, -0.15) is 0 Å². The fourth-order valence-electron chi connectivity index (χ4n) is 3.66. The summed E-state index contributed by atoms with van der Waals surface area (Å²) in [6.45, 7) is 4.36.